The number of hydrogen-bond donors (Lipinski definition) is 2. The van der Waals surface area contributed by atoms with Gasteiger partial charge in [0, 0.05) is 6.42 Å². The molecule has 2 spiro atoms. The van der Waals surface area contributed by atoms with Crippen LogP contribution in [0, 0.1) is 28.1 Å². The van der Waals surface area contributed by atoms with Crippen molar-refractivity contribution < 1.29 is 43.5 Å². The van der Waals surface area contributed by atoms with Gasteiger partial charge in [0.15, 0.2) is 11.7 Å². The molecule has 158 valence electrons. The van der Waals surface area contributed by atoms with Crippen molar-refractivity contribution in [2.45, 2.75) is 76.3 Å². The van der Waals surface area contributed by atoms with Gasteiger partial charge in [-0.25, -0.2) is 9.59 Å². The minimum Gasteiger partial charge on any atom is -0.459 e. The summed E-state index contributed by atoms with van der Waals surface area (Å²) in [5, 5.41) is 23.0. The SMILES string of the molecule is C[C@H]1C(=O)O[C@H]2C[C@]34[C@@H]5C[C@@H](C(C)(C)C)[C@]36[C@H](OC(=O)[C@H]6O)O[C@@]4(C(=O)O5)[C@@]21O. The second-order valence-electron chi connectivity index (χ2n) is 10.6. The standard InChI is InChI=1S/C20H24O9/c1-7-12(22)26-10-6-17-9-5-8(16(2,3)4)18(17)11(21)13(23)28-15(18)29-20(17,14(24)27-9)19(7,10)25/h7-11,15,21,25H,5-6H2,1-4H3/t7-,8-,9-,10-,11+,15+,17-,18-,19-,20+/m0/s1. The molecular formula is C20H24O9. The predicted octanol–water partition coefficient (Wildman–Crippen LogP) is -0.340. The number of esters is 3. The van der Waals surface area contributed by atoms with E-state index in [0.717, 1.165) is 0 Å². The van der Waals surface area contributed by atoms with Crippen LogP contribution >= 0.6 is 0 Å². The Morgan fingerprint density at radius 3 is 2.38 bits per heavy atom. The molecule has 9 heteroatoms. The van der Waals surface area contributed by atoms with Crippen molar-refractivity contribution in [1.82, 2.24) is 0 Å². The van der Waals surface area contributed by atoms with E-state index in [1.165, 1.54) is 6.92 Å². The molecule has 29 heavy (non-hydrogen) atoms. The minimum absolute atomic E-state index is 0.0623. The largest absolute Gasteiger partial charge is 0.459 e. The Balaban J connectivity index is 1.68. The highest BCUT2D eigenvalue weighted by Crippen LogP contribution is 2.84. The van der Waals surface area contributed by atoms with Crippen molar-refractivity contribution in [2.75, 3.05) is 0 Å². The molecule has 2 aliphatic carbocycles. The third-order valence-corrected chi connectivity index (χ3v) is 8.97. The first-order valence-electron chi connectivity index (χ1n) is 10.1. The van der Waals surface area contributed by atoms with Crippen LogP contribution in [0.1, 0.15) is 40.5 Å². The molecule has 4 aliphatic heterocycles. The fraction of sp³-hybridized carbons (Fsp3) is 0.850. The average Bonchev–Trinajstić information content (AvgIpc) is 3.31. The van der Waals surface area contributed by atoms with Crippen LogP contribution < -0.4 is 0 Å². The monoisotopic (exact) mass is 408 g/mol. The summed E-state index contributed by atoms with van der Waals surface area (Å²) in [6, 6.07) is 0. The molecule has 0 aromatic heterocycles. The minimum atomic E-state index is -1.97. The van der Waals surface area contributed by atoms with E-state index < -0.39 is 70.5 Å². The first-order valence-corrected chi connectivity index (χ1v) is 10.1. The maximum Gasteiger partial charge on any atom is 0.342 e. The normalized spacial score (nSPS) is 59.2. The number of aliphatic hydroxyl groups is 2. The van der Waals surface area contributed by atoms with E-state index in [9.17, 15) is 24.6 Å². The van der Waals surface area contributed by atoms with Crippen LogP contribution in [0.3, 0.4) is 0 Å². The summed E-state index contributed by atoms with van der Waals surface area (Å²) >= 11 is 0. The van der Waals surface area contributed by atoms with E-state index in [1.807, 2.05) is 20.8 Å². The zero-order chi connectivity index (χ0) is 20.9. The smallest absolute Gasteiger partial charge is 0.342 e. The zero-order valence-corrected chi connectivity index (χ0v) is 16.6. The van der Waals surface area contributed by atoms with E-state index in [2.05, 4.69) is 0 Å². The second-order valence-corrected chi connectivity index (χ2v) is 10.6. The van der Waals surface area contributed by atoms with Gasteiger partial charge in [-0.2, -0.15) is 0 Å². The topological polar surface area (TPSA) is 129 Å². The first kappa shape index (κ1) is 18.1. The van der Waals surface area contributed by atoms with Crippen LogP contribution in [-0.2, 0) is 33.3 Å². The van der Waals surface area contributed by atoms with Crippen LogP contribution in [0.4, 0.5) is 0 Å². The maximum absolute atomic E-state index is 13.3. The second kappa shape index (κ2) is 4.48. The summed E-state index contributed by atoms with van der Waals surface area (Å²) in [5.74, 6) is -3.52. The van der Waals surface area contributed by atoms with Crippen molar-refractivity contribution in [3.63, 3.8) is 0 Å². The number of rotatable bonds is 0. The van der Waals surface area contributed by atoms with Gasteiger partial charge in [-0.05, 0) is 24.7 Å². The van der Waals surface area contributed by atoms with E-state index in [1.54, 1.807) is 0 Å². The third kappa shape index (κ3) is 1.35. The highest BCUT2D eigenvalue weighted by Gasteiger charge is 3.01. The molecule has 9 nitrogen and oxygen atoms in total. The number of carbonyl (C=O) groups is 3. The molecule has 2 N–H and O–H groups in total. The number of carbonyl (C=O) groups excluding carboxylic acids is 3. The molecule has 0 unspecified atom stereocenters. The van der Waals surface area contributed by atoms with Gasteiger partial charge in [-0.1, -0.05) is 20.8 Å². The Morgan fingerprint density at radius 2 is 1.72 bits per heavy atom. The molecule has 0 aromatic rings. The fourth-order valence-electron chi connectivity index (χ4n) is 8.06. The van der Waals surface area contributed by atoms with Crippen LogP contribution in [0.25, 0.3) is 0 Å². The van der Waals surface area contributed by atoms with Crippen LogP contribution in [0.5, 0.6) is 0 Å². The Morgan fingerprint density at radius 1 is 1.03 bits per heavy atom. The highest BCUT2D eigenvalue weighted by molar-refractivity contribution is 5.93. The molecule has 0 bridgehead atoms. The van der Waals surface area contributed by atoms with Gasteiger partial charge in [-0.3, -0.25) is 4.79 Å². The summed E-state index contributed by atoms with van der Waals surface area (Å²) in [4.78, 5) is 38.1. The van der Waals surface area contributed by atoms with E-state index in [-0.39, 0.29) is 17.8 Å². The van der Waals surface area contributed by atoms with Gasteiger partial charge in [0.1, 0.15) is 12.2 Å². The lowest BCUT2D eigenvalue weighted by atomic mass is 9.51. The van der Waals surface area contributed by atoms with Gasteiger partial charge in [0.25, 0.3) is 0 Å². The van der Waals surface area contributed by atoms with Gasteiger partial charge >= 0.3 is 17.9 Å². The Kier molecular flexibility index (Phi) is 2.79. The first-order chi connectivity index (χ1) is 13.4. The van der Waals surface area contributed by atoms with E-state index >= 15 is 0 Å². The molecule has 0 aromatic carbocycles. The molecule has 4 heterocycles. The molecule has 4 saturated heterocycles. The molecule has 6 fully saturated rings. The number of ether oxygens (including phenoxy) is 4. The fourth-order valence-corrected chi connectivity index (χ4v) is 8.06. The molecular weight excluding hydrogens is 384 g/mol. The van der Waals surface area contributed by atoms with E-state index in [0.29, 0.717) is 6.42 Å². The number of fused-ring (bicyclic) bond motifs is 1. The van der Waals surface area contributed by atoms with Gasteiger partial charge in [-0.15, -0.1) is 0 Å². The van der Waals surface area contributed by atoms with Crippen molar-refractivity contribution in [1.29, 1.82) is 0 Å². The van der Waals surface area contributed by atoms with Crippen molar-refractivity contribution in [3.8, 4) is 0 Å². The summed E-state index contributed by atoms with van der Waals surface area (Å²) in [6.45, 7) is 7.47. The molecule has 10 atom stereocenters. The molecule has 6 rings (SSSR count). The number of aliphatic hydroxyl groups excluding tert-OH is 1. The molecule has 0 radical (unpaired) electrons. The quantitative estimate of drug-likeness (QED) is 0.408. The Labute approximate surface area is 166 Å². The summed E-state index contributed by atoms with van der Waals surface area (Å²) < 4.78 is 22.9. The summed E-state index contributed by atoms with van der Waals surface area (Å²) in [7, 11) is 0. The molecule has 2 saturated carbocycles. The molecule has 0 amide bonds. The van der Waals surface area contributed by atoms with Crippen molar-refractivity contribution >= 4 is 17.9 Å². The average molecular weight is 408 g/mol. The lowest BCUT2D eigenvalue weighted by Gasteiger charge is -2.46. The lowest BCUT2D eigenvalue weighted by Crippen LogP contribution is -2.66. The Bertz CT molecular complexity index is 893. The molecule has 6 aliphatic rings. The van der Waals surface area contributed by atoms with Gasteiger partial charge < -0.3 is 29.2 Å². The summed E-state index contributed by atoms with van der Waals surface area (Å²) in [5.41, 5.74) is -6.81. The lowest BCUT2D eigenvalue weighted by molar-refractivity contribution is -0.238. The highest BCUT2D eigenvalue weighted by atomic mass is 16.8. The van der Waals surface area contributed by atoms with Crippen LogP contribution in [0.2, 0.25) is 0 Å². The van der Waals surface area contributed by atoms with Gasteiger partial charge in [0.05, 0.1) is 16.7 Å². The van der Waals surface area contributed by atoms with Crippen LogP contribution in [-0.4, -0.2) is 63.9 Å². The maximum atomic E-state index is 13.3. The predicted molar refractivity (Wildman–Crippen MR) is 90.6 cm³/mol. The summed E-state index contributed by atoms with van der Waals surface area (Å²) in [6.07, 6.45) is -3.96. The van der Waals surface area contributed by atoms with E-state index in [4.69, 9.17) is 18.9 Å². The zero-order valence-electron chi connectivity index (χ0n) is 16.6. The van der Waals surface area contributed by atoms with Gasteiger partial charge in [0.2, 0.25) is 11.9 Å². The van der Waals surface area contributed by atoms with Crippen molar-refractivity contribution in [3.05, 3.63) is 0 Å². The Hall–Kier alpha value is -1.71. The van der Waals surface area contributed by atoms with Crippen LogP contribution in [0.15, 0.2) is 0 Å². The third-order valence-electron chi connectivity index (χ3n) is 8.97. The number of hydrogen-bond acceptors (Lipinski definition) is 9. The van der Waals surface area contributed by atoms with Crippen molar-refractivity contribution in [2.24, 2.45) is 28.1 Å².